The Morgan fingerprint density at radius 1 is 0.559 bits per heavy atom. The highest BCUT2D eigenvalue weighted by Crippen LogP contribution is 2.43. The lowest BCUT2D eigenvalue weighted by Crippen LogP contribution is -2.76. The van der Waals surface area contributed by atoms with Crippen LogP contribution in [0.5, 0.6) is 0 Å². The highest BCUT2D eigenvalue weighted by atomic mass is 16.9. The quantitative estimate of drug-likeness (QED) is 0.619. The topological polar surface area (TPSA) is 92.3 Å². The van der Waals surface area contributed by atoms with Crippen LogP contribution in [0.4, 0.5) is 0 Å². The van der Waals surface area contributed by atoms with Gasteiger partial charge in [0.1, 0.15) is 36.6 Å². The Bertz CT molecular complexity index is 685. The summed E-state index contributed by atoms with van der Waals surface area (Å²) in [5.74, 6) is 0. The average Bonchev–Trinajstić information content (AvgIpc) is 2.86. The van der Waals surface area contributed by atoms with E-state index in [2.05, 4.69) is 0 Å². The van der Waals surface area contributed by atoms with Crippen LogP contribution in [0.3, 0.4) is 0 Å². The van der Waals surface area contributed by atoms with Gasteiger partial charge < -0.3 is 47.4 Å². The van der Waals surface area contributed by atoms with Gasteiger partial charge in [0.25, 0.3) is 6.48 Å². The molecule has 0 radical (unpaired) electrons. The normalized spacial score (nSPS) is 38.1. The molecule has 4 saturated heterocycles. The number of hydrogen-bond acceptors (Lipinski definition) is 10. The van der Waals surface area contributed by atoms with Crippen molar-refractivity contribution in [3.05, 3.63) is 35.9 Å². The fourth-order valence-electron chi connectivity index (χ4n) is 4.65. The lowest BCUT2D eigenvalue weighted by atomic mass is 9.82. The van der Waals surface area contributed by atoms with Crippen LogP contribution >= 0.6 is 0 Å². The van der Waals surface area contributed by atoms with E-state index >= 15 is 0 Å². The predicted molar refractivity (Wildman–Crippen MR) is 116 cm³/mol. The average molecular weight is 483 g/mol. The summed E-state index contributed by atoms with van der Waals surface area (Å²) >= 11 is 0. The highest BCUT2D eigenvalue weighted by molar-refractivity contribution is 5.14. The number of rotatable bonds is 3. The van der Waals surface area contributed by atoms with E-state index in [1.807, 2.05) is 30.3 Å². The number of hydrogen-bond donors (Lipinski definition) is 0. The van der Waals surface area contributed by atoms with Gasteiger partial charge in [0.05, 0.1) is 72.7 Å². The van der Waals surface area contributed by atoms with Gasteiger partial charge in [0, 0.05) is 0 Å². The molecule has 1 aliphatic carbocycles. The van der Waals surface area contributed by atoms with E-state index in [9.17, 15) is 0 Å². The second-order valence-electron chi connectivity index (χ2n) is 8.47. The Labute approximate surface area is 199 Å². The fourth-order valence-corrected chi connectivity index (χ4v) is 4.65. The minimum Gasteiger partial charge on any atom is -0.377 e. The molecule has 10 heteroatoms. The largest absolute Gasteiger partial charge is 0.377 e. The van der Waals surface area contributed by atoms with Gasteiger partial charge in [-0.15, -0.1) is 0 Å². The Balaban J connectivity index is 1.25. The molecule has 4 heterocycles. The summed E-state index contributed by atoms with van der Waals surface area (Å²) < 4.78 is 59.0. The summed E-state index contributed by atoms with van der Waals surface area (Å²) in [4.78, 5) is 0. The van der Waals surface area contributed by atoms with Crippen molar-refractivity contribution in [2.45, 2.75) is 49.7 Å². The smallest absolute Gasteiger partial charge is 0.272 e. The molecule has 0 N–H and O–H groups in total. The van der Waals surface area contributed by atoms with E-state index in [0.29, 0.717) is 72.7 Å². The second kappa shape index (κ2) is 12.7. The third kappa shape index (κ3) is 6.14. The van der Waals surface area contributed by atoms with E-state index in [4.69, 9.17) is 47.4 Å². The van der Waals surface area contributed by atoms with Crippen LogP contribution < -0.4 is 0 Å². The van der Waals surface area contributed by atoms with Crippen molar-refractivity contribution in [2.24, 2.45) is 0 Å². The second-order valence-corrected chi connectivity index (χ2v) is 8.47. The lowest BCUT2D eigenvalue weighted by molar-refractivity contribution is -0.489. The van der Waals surface area contributed by atoms with Gasteiger partial charge in [0.2, 0.25) is 0 Å². The minimum atomic E-state index is -0.736. The van der Waals surface area contributed by atoms with Gasteiger partial charge in [-0.25, -0.2) is 0 Å². The van der Waals surface area contributed by atoms with Gasteiger partial charge in [0.15, 0.2) is 0 Å². The number of ether oxygens (including phenoxy) is 10. The maximum atomic E-state index is 6.33. The van der Waals surface area contributed by atoms with Gasteiger partial charge in [-0.1, -0.05) is 30.3 Å². The van der Waals surface area contributed by atoms with E-state index in [1.165, 1.54) is 0 Å². The molecule has 6 rings (SSSR count). The molecule has 5 fully saturated rings. The first kappa shape index (κ1) is 24.5. The molecule has 0 amide bonds. The van der Waals surface area contributed by atoms with Crippen molar-refractivity contribution in [1.29, 1.82) is 0 Å². The van der Waals surface area contributed by atoms with Gasteiger partial charge in [-0.05, 0) is 5.56 Å². The Morgan fingerprint density at radius 3 is 1.56 bits per heavy atom. The van der Waals surface area contributed by atoms with Crippen LogP contribution in [0.2, 0.25) is 0 Å². The van der Waals surface area contributed by atoms with E-state index < -0.39 is 6.48 Å². The van der Waals surface area contributed by atoms with Crippen molar-refractivity contribution >= 4 is 0 Å². The first-order valence-corrected chi connectivity index (χ1v) is 12.1. The van der Waals surface area contributed by atoms with Crippen LogP contribution in [0.15, 0.2) is 30.3 Å². The molecule has 10 nitrogen and oxygen atoms in total. The lowest BCUT2D eigenvalue weighted by Gasteiger charge is -2.58. The molecule has 6 bridgehead atoms. The first-order chi connectivity index (χ1) is 16.9. The molecule has 4 aliphatic heterocycles. The van der Waals surface area contributed by atoms with E-state index in [-0.39, 0.29) is 36.6 Å². The Hall–Kier alpha value is -1.18. The van der Waals surface area contributed by atoms with Crippen LogP contribution in [-0.4, -0.2) is 109 Å². The molecule has 190 valence electrons. The molecule has 3 unspecified atom stereocenters. The summed E-state index contributed by atoms with van der Waals surface area (Å²) in [6.07, 6.45) is -2.05. The third-order valence-corrected chi connectivity index (χ3v) is 6.22. The van der Waals surface area contributed by atoms with Crippen molar-refractivity contribution in [1.82, 2.24) is 0 Å². The zero-order chi connectivity index (χ0) is 23.0. The van der Waals surface area contributed by atoms with Crippen molar-refractivity contribution in [3.63, 3.8) is 0 Å². The van der Waals surface area contributed by atoms with Crippen LogP contribution in [0.1, 0.15) is 5.56 Å². The van der Waals surface area contributed by atoms with Crippen LogP contribution in [-0.2, 0) is 54.0 Å². The molecule has 1 saturated carbocycles. The third-order valence-electron chi connectivity index (χ3n) is 6.22. The van der Waals surface area contributed by atoms with Crippen LogP contribution in [0, 0.1) is 0 Å². The van der Waals surface area contributed by atoms with E-state index in [1.54, 1.807) is 0 Å². The summed E-state index contributed by atoms with van der Waals surface area (Å²) in [6, 6.07) is 10.0. The standard InChI is InChI=1S/C24H34O10/c1-2-4-17(5-3-1)16-31-20-22-18-21-19(23(20)34-24(32-21)33-22)30-15-13-28-11-9-26-7-6-25-8-10-27-12-14-29-18/h1-5,18-24H,6-16H2/t18-,19+,20?,21?,22+,23-,24?. The summed E-state index contributed by atoms with van der Waals surface area (Å²) in [7, 11) is 0. The molecule has 1 aromatic carbocycles. The monoisotopic (exact) mass is 482 g/mol. The fraction of sp³-hybridized carbons (Fsp3) is 0.750. The van der Waals surface area contributed by atoms with Gasteiger partial charge in [-0.3, -0.25) is 0 Å². The predicted octanol–water partition coefficient (Wildman–Crippen LogP) is 0.902. The number of benzene rings is 1. The zero-order valence-corrected chi connectivity index (χ0v) is 19.3. The molecular formula is C24H34O10. The van der Waals surface area contributed by atoms with Crippen molar-refractivity contribution < 1.29 is 47.4 Å². The first-order valence-electron chi connectivity index (χ1n) is 12.1. The molecule has 1 aromatic rings. The maximum Gasteiger partial charge on any atom is 0.272 e. The molecule has 7 atom stereocenters. The van der Waals surface area contributed by atoms with Crippen molar-refractivity contribution in [2.75, 3.05) is 66.1 Å². The highest BCUT2D eigenvalue weighted by Gasteiger charge is 2.63. The maximum absolute atomic E-state index is 6.33. The van der Waals surface area contributed by atoms with Gasteiger partial charge >= 0.3 is 0 Å². The van der Waals surface area contributed by atoms with E-state index in [0.717, 1.165) is 5.56 Å². The molecular weight excluding hydrogens is 448 g/mol. The summed E-state index contributed by atoms with van der Waals surface area (Å²) in [5.41, 5.74) is 1.08. The molecule has 0 aromatic heterocycles. The summed E-state index contributed by atoms with van der Waals surface area (Å²) in [6.45, 7) is 4.41. The van der Waals surface area contributed by atoms with Gasteiger partial charge in [-0.2, -0.15) is 0 Å². The summed E-state index contributed by atoms with van der Waals surface area (Å²) in [5, 5.41) is 0. The van der Waals surface area contributed by atoms with Crippen molar-refractivity contribution in [3.8, 4) is 0 Å². The Kier molecular flexibility index (Phi) is 9.14. The van der Waals surface area contributed by atoms with Crippen LogP contribution in [0.25, 0.3) is 0 Å². The minimum absolute atomic E-state index is 0.322. The SMILES string of the molecule is c1ccc(COC2[C@H]3OC4OC5[C@H]3OCCOCCOCCOCCOCCO[C@@H]5[C@H]2O4)cc1. The molecule has 5 aliphatic rings. The molecule has 34 heavy (non-hydrogen) atoms. The zero-order valence-electron chi connectivity index (χ0n) is 19.3. The Morgan fingerprint density at radius 2 is 1.03 bits per heavy atom. The molecule has 0 spiro atoms.